The molecule has 2 rings (SSSR count). The molecule has 1 amide bonds. The lowest BCUT2D eigenvalue weighted by Crippen LogP contribution is -2.44. The highest BCUT2D eigenvalue weighted by Gasteiger charge is 2.25. The standard InChI is InChI=1S/C23H34N4O5/c1-15(2)13-27-20(24)19(21(29)25-22(27)30)26(11-12-31-6)18(28)14-32-17-9-7-16(8-10-17)23(3,4)5/h7-10,15H,11-14,24H2,1-6H3,(H,25,29,30). The predicted molar refractivity (Wildman–Crippen MR) is 125 cm³/mol. The molecule has 9 nitrogen and oxygen atoms in total. The summed E-state index contributed by atoms with van der Waals surface area (Å²) in [5.74, 6) is 0.0984. The number of hydrogen-bond acceptors (Lipinski definition) is 6. The van der Waals surface area contributed by atoms with Gasteiger partial charge in [-0.3, -0.25) is 24.0 Å². The molecule has 0 spiro atoms. The number of anilines is 2. The summed E-state index contributed by atoms with van der Waals surface area (Å²) in [6.07, 6.45) is 0. The quantitative estimate of drug-likeness (QED) is 0.609. The lowest BCUT2D eigenvalue weighted by Gasteiger charge is -2.25. The smallest absolute Gasteiger partial charge is 0.330 e. The molecular weight excluding hydrogens is 412 g/mol. The van der Waals surface area contributed by atoms with E-state index in [-0.39, 0.29) is 42.6 Å². The molecule has 1 aromatic heterocycles. The second-order valence-electron chi connectivity index (χ2n) is 9.10. The first-order valence-corrected chi connectivity index (χ1v) is 10.6. The fourth-order valence-corrected chi connectivity index (χ4v) is 3.20. The van der Waals surface area contributed by atoms with Gasteiger partial charge in [0, 0.05) is 20.2 Å². The average Bonchev–Trinajstić information content (AvgIpc) is 2.71. The number of aromatic nitrogens is 2. The molecule has 1 heterocycles. The van der Waals surface area contributed by atoms with Crippen LogP contribution in [0.2, 0.25) is 0 Å². The molecule has 0 unspecified atom stereocenters. The monoisotopic (exact) mass is 446 g/mol. The second-order valence-corrected chi connectivity index (χ2v) is 9.10. The Morgan fingerprint density at radius 3 is 2.34 bits per heavy atom. The van der Waals surface area contributed by atoms with Crippen molar-refractivity contribution in [3.8, 4) is 5.75 Å². The highest BCUT2D eigenvalue weighted by atomic mass is 16.5. The molecule has 32 heavy (non-hydrogen) atoms. The number of H-pyrrole nitrogens is 1. The molecule has 3 N–H and O–H groups in total. The number of amides is 1. The van der Waals surface area contributed by atoms with E-state index in [2.05, 4.69) is 25.8 Å². The molecule has 2 aromatic rings. The first-order chi connectivity index (χ1) is 15.0. The van der Waals surface area contributed by atoms with Crippen molar-refractivity contribution in [2.45, 2.75) is 46.6 Å². The molecule has 176 valence electrons. The van der Waals surface area contributed by atoms with Gasteiger partial charge >= 0.3 is 5.69 Å². The number of nitrogen functional groups attached to an aromatic ring is 1. The number of carbonyl (C=O) groups excluding carboxylic acids is 1. The van der Waals surface area contributed by atoms with Crippen molar-refractivity contribution >= 4 is 17.4 Å². The number of aromatic amines is 1. The Morgan fingerprint density at radius 1 is 1.19 bits per heavy atom. The van der Waals surface area contributed by atoms with Crippen LogP contribution in [-0.4, -0.2) is 42.3 Å². The lowest BCUT2D eigenvalue weighted by molar-refractivity contribution is -0.120. The fourth-order valence-electron chi connectivity index (χ4n) is 3.20. The molecule has 0 saturated heterocycles. The van der Waals surface area contributed by atoms with E-state index in [1.165, 1.54) is 16.6 Å². The van der Waals surface area contributed by atoms with E-state index in [1.807, 2.05) is 26.0 Å². The van der Waals surface area contributed by atoms with Gasteiger partial charge < -0.3 is 15.2 Å². The molecule has 9 heteroatoms. The molecule has 0 atom stereocenters. The van der Waals surface area contributed by atoms with Crippen molar-refractivity contribution in [3.63, 3.8) is 0 Å². The molecular formula is C23H34N4O5. The number of benzene rings is 1. The van der Waals surface area contributed by atoms with Crippen molar-refractivity contribution in [1.29, 1.82) is 0 Å². The Bertz CT molecular complexity index is 1030. The van der Waals surface area contributed by atoms with Gasteiger partial charge in [0.15, 0.2) is 12.3 Å². The molecule has 0 aliphatic carbocycles. The minimum atomic E-state index is -0.730. The minimum Gasteiger partial charge on any atom is -0.484 e. The third kappa shape index (κ3) is 6.23. The number of carbonyl (C=O) groups is 1. The van der Waals surface area contributed by atoms with Crippen LogP contribution in [0.3, 0.4) is 0 Å². The van der Waals surface area contributed by atoms with E-state index in [0.29, 0.717) is 12.3 Å². The van der Waals surface area contributed by atoms with Crippen LogP contribution in [0.5, 0.6) is 5.75 Å². The third-order valence-electron chi connectivity index (χ3n) is 4.93. The zero-order valence-corrected chi connectivity index (χ0v) is 19.7. The van der Waals surface area contributed by atoms with Gasteiger partial charge in [-0.25, -0.2) is 4.79 Å². The Balaban J connectivity index is 2.31. The highest BCUT2D eigenvalue weighted by molar-refractivity contribution is 5.96. The summed E-state index contributed by atoms with van der Waals surface area (Å²) >= 11 is 0. The van der Waals surface area contributed by atoms with Crippen LogP contribution in [0.15, 0.2) is 33.9 Å². The molecule has 0 bridgehead atoms. The van der Waals surface area contributed by atoms with Gasteiger partial charge in [-0.15, -0.1) is 0 Å². The van der Waals surface area contributed by atoms with Crippen LogP contribution < -0.4 is 26.6 Å². The summed E-state index contributed by atoms with van der Waals surface area (Å²) in [5, 5.41) is 0. The normalized spacial score (nSPS) is 11.6. The average molecular weight is 447 g/mol. The van der Waals surface area contributed by atoms with Crippen LogP contribution in [0.1, 0.15) is 40.2 Å². The maximum atomic E-state index is 13.0. The van der Waals surface area contributed by atoms with Gasteiger partial charge in [0.1, 0.15) is 11.6 Å². The molecule has 1 aromatic carbocycles. The van der Waals surface area contributed by atoms with E-state index in [4.69, 9.17) is 15.2 Å². The largest absolute Gasteiger partial charge is 0.484 e. The van der Waals surface area contributed by atoms with Crippen molar-refractivity contribution < 1.29 is 14.3 Å². The van der Waals surface area contributed by atoms with Crippen LogP contribution in [-0.2, 0) is 21.5 Å². The SMILES string of the molecule is COCCN(C(=O)COc1ccc(C(C)(C)C)cc1)c1c(N)n(CC(C)C)c(=O)[nH]c1=O. The molecule has 0 radical (unpaired) electrons. The summed E-state index contributed by atoms with van der Waals surface area (Å²) < 4.78 is 12.0. The maximum Gasteiger partial charge on any atom is 0.330 e. The van der Waals surface area contributed by atoms with Gasteiger partial charge in [0.2, 0.25) is 0 Å². The van der Waals surface area contributed by atoms with Gasteiger partial charge in [-0.1, -0.05) is 46.8 Å². The maximum absolute atomic E-state index is 13.0. The Hall–Kier alpha value is -3.07. The van der Waals surface area contributed by atoms with E-state index in [9.17, 15) is 14.4 Å². The van der Waals surface area contributed by atoms with Gasteiger partial charge in [0.05, 0.1) is 6.61 Å². The molecule has 0 fully saturated rings. The van der Waals surface area contributed by atoms with Crippen LogP contribution in [0.4, 0.5) is 11.5 Å². The predicted octanol–water partition coefficient (Wildman–Crippen LogP) is 2.13. The van der Waals surface area contributed by atoms with Crippen molar-refractivity contribution in [2.75, 3.05) is 37.5 Å². The summed E-state index contributed by atoms with van der Waals surface area (Å²) in [6, 6.07) is 7.51. The van der Waals surface area contributed by atoms with E-state index in [0.717, 1.165) is 5.56 Å². The molecule has 0 aliphatic rings. The summed E-state index contributed by atoms with van der Waals surface area (Å²) in [5.41, 5.74) is 5.90. The van der Waals surface area contributed by atoms with Gasteiger partial charge in [-0.2, -0.15) is 0 Å². The number of rotatable bonds is 9. The Kier molecular flexibility index (Phi) is 8.26. The van der Waals surface area contributed by atoms with E-state index < -0.39 is 17.2 Å². The van der Waals surface area contributed by atoms with Gasteiger partial charge in [0.25, 0.3) is 11.5 Å². The first kappa shape index (κ1) is 25.2. The number of hydrogen-bond donors (Lipinski definition) is 2. The van der Waals surface area contributed by atoms with Crippen LogP contribution in [0.25, 0.3) is 0 Å². The number of nitrogens with zero attached hydrogens (tertiary/aromatic N) is 2. The van der Waals surface area contributed by atoms with Crippen molar-refractivity contribution in [2.24, 2.45) is 5.92 Å². The number of ether oxygens (including phenoxy) is 2. The summed E-state index contributed by atoms with van der Waals surface area (Å²) in [7, 11) is 1.49. The fraction of sp³-hybridized carbons (Fsp3) is 0.522. The molecule has 0 aliphatic heterocycles. The van der Waals surface area contributed by atoms with Crippen LogP contribution >= 0.6 is 0 Å². The number of methoxy groups -OCH3 is 1. The number of nitrogens with two attached hydrogens (primary N) is 1. The van der Waals surface area contributed by atoms with Crippen LogP contribution in [0, 0.1) is 5.92 Å². The minimum absolute atomic E-state index is 0.00292. The van der Waals surface area contributed by atoms with Gasteiger partial charge in [-0.05, 0) is 29.0 Å². The lowest BCUT2D eigenvalue weighted by atomic mass is 9.87. The van der Waals surface area contributed by atoms with E-state index in [1.54, 1.807) is 12.1 Å². The molecule has 0 saturated carbocycles. The Morgan fingerprint density at radius 2 is 1.81 bits per heavy atom. The number of nitrogens with one attached hydrogen (secondary N) is 1. The topological polar surface area (TPSA) is 120 Å². The zero-order chi connectivity index (χ0) is 24.1. The Labute approximate surface area is 188 Å². The third-order valence-corrected chi connectivity index (χ3v) is 4.93. The second kappa shape index (κ2) is 10.5. The first-order valence-electron chi connectivity index (χ1n) is 10.6. The summed E-state index contributed by atoms with van der Waals surface area (Å²) in [4.78, 5) is 41.3. The van der Waals surface area contributed by atoms with E-state index >= 15 is 0 Å². The summed E-state index contributed by atoms with van der Waals surface area (Å²) in [6.45, 7) is 10.4. The highest BCUT2D eigenvalue weighted by Crippen LogP contribution is 2.24. The zero-order valence-electron chi connectivity index (χ0n) is 19.7. The van der Waals surface area contributed by atoms with Crippen molar-refractivity contribution in [1.82, 2.24) is 9.55 Å². The van der Waals surface area contributed by atoms with Crippen molar-refractivity contribution in [3.05, 3.63) is 50.7 Å².